The molecule has 0 amide bonds. The van der Waals surface area contributed by atoms with Gasteiger partial charge in [0, 0.05) is 12.5 Å². The topological polar surface area (TPSA) is 35.5 Å². The van der Waals surface area contributed by atoms with Gasteiger partial charge in [-0.05, 0) is 24.5 Å². The average molecular weight is 250 g/mol. The average Bonchev–Trinajstić information content (AvgIpc) is 2.38. The molecule has 1 aromatic carbocycles. The van der Waals surface area contributed by atoms with Crippen LogP contribution in [0.1, 0.15) is 45.6 Å². The first-order valence-corrected chi connectivity index (χ1v) is 6.67. The van der Waals surface area contributed by atoms with Crippen molar-refractivity contribution in [2.45, 2.75) is 46.5 Å². The van der Waals surface area contributed by atoms with E-state index in [1.165, 1.54) is 5.56 Å². The third-order valence-corrected chi connectivity index (χ3v) is 2.54. The first-order chi connectivity index (χ1) is 8.71. The van der Waals surface area contributed by atoms with Crippen molar-refractivity contribution in [1.82, 2.24) is 0 Å². The molecule has 0 saturated carbocycles. The maximum absolute atomic E-state index is 11.3. The fourth-order valence-electron chi connectivity index (χ4n) is 1.62. The Kier molecular flexibility index (Phi) is 6.26. The van der Waals surface area contributed by atoms with Crippen molar-refractivity contribution in [2.75, 3.05) is 6.61 Å². The van der Waals surface area contributed by atoms with Crippen LogP contribution in [0.5, 0.6) is 11.5 Å². The normalized spacial score (nSPS) is 10.2. The van der Waals surface area contributed by atoms with Crippen LogP contribution in [0.4, 0.5) is 0 Å². The summed E-state index contributed by atoms with van der Waals surface area (Å²) in [7, 11) is 0. The number of ether oxygens (including phenoxy) is 2. The van der Waals surface area contributed by atoms with Crippen LogP contribution in [0, 0.1) is 0 Å². The van der Waals surface area contributed by atoms with E-state index < -0.39 is 0 Å². The Morgan fingerprint density at radius 2 is 1.94 bits per heavy atom. The van der Waals surface area contributed by atoms with E-state index in [4.69, 9.17) is 9.47 Å². The molecule has 0 unspecified atom stereocenters. The Morgan fingerprint density at radius 3 is 2.56 bits per heavy atom. The highest BCUT2D eigenvalue weighted by molar-refractivity contribution is 5.72. The minimum atomic E-state index is -0.223. The Hall–Kier alpha value is -1.51. The lowest BCUT2D eigenvalue weighted by molar-refractivity contribution is -0.134. The molecular formula is C15H22O3. The van der Waals surface area contributed by atoms with E-state index in [2.05, 4.69) is 13.8 Å². The largest absolute Gasteiger partial charge is 0.493 e. The second kappa shape index (κ2) is 7.75. The molecule has 0 saturated heterocycles. The SMILES string of the molecule is CCCOc1cc(OC(=O)CC)ccc1CCC. The van der Waals surface area contributed by atoms with Crippen LogP contribution in [-0.2, 0) is 11.2 Å². The lowest BCUT2D eigenvalue weighted by Crippen LogP contribution is -2.06. The molecule has 1 rings (SSSR count). The van der Waals surface area contributed by atoms with Gasteiger partial charge in [-0.1, -0.05) is 33.3 Å². The summed E-state index contributed by atoms with van der Waals surface area (Å²) in [5, 5.41) is 0. The van der Waals surface area contributed by atoms with E-state index in [1.54, 1.807) is 6.92 Å². The van der Waals surface area contributed by atoms with Gasteiger partial charge in [0.05, 0.1) is 6.61 Å². The lowest BCUT2D eigenvalue weighted by atomic mass is 10.1. The summed E-state index contributed by atoms with van der Waals surface area (Å²) in [6.45, 7) is 6.67. The van der Waals surface area contributed by atoms with Crippen molar-refractivity contribution >= 4 is 5.97 Å². The van der Waals surface area contributed by atoms with Gasteiger partial charge in [0.15, 0.2) is 0 Å². The highest BCUT2D eigenvalue weighted by atomic mass is 16.5. The molecule has 0 aliphatic heterocycles. The molecule has 100 valence electrons. The van der Waals surface area contributed by atoms with Gasteiger partial charge in [0.1, 0.15) is 11.5 Å². The Morgan fingerprint density at radius 1 is 1.17 bits per heavy atom. The number of esters is 1. The van der Waals surface area contributed by atoms with Crippen molar-refractivity contribution in [3.63, 3.8) is 0 Å². The number of carbonyl (C=O) groups excluding carboxylic acids is 1. The van der Waals surface area contributed by atoms with E-state index in [1.807, 2.05) is 18.2 Å². The van der Waals surface area contributed by atoms with Crippen LogP contribution in [0.25, 0.3) is 0 Å². The fourth-order valence-corrected chi connectivity index (χ4v) is 1.62. The molecule has 0 aliphatic rings. The molecule has 0 spiro atoms. The van der Waals surface area contributed by atoms with E-state index in [0.717, 1.165) is 25.0 Å². The smallest absolute Gasteiger partial charge is 0.310 e. The molecule has 0 heterocycles. The molecule has 0 radical (unpaired) electrons. The molecule has 0 bridgehead atoms. The van der Waals surface area contributed by atoms with Gasteiger partial charge < -0.3 is 9.47 Å². The number of carbonyl (C=O) groups is 1. The van der Waals surface area contributed by atoms with Crippen molar-refractivity contribution in [2.24, 2.45) is 0 Å². The van der Waals surface area contributed by atoms with Crippen LogP contribution in [0.2, 0.25) is 0 Å². The highest BCUT2D eigenvalue weighted by Crippen LogP contribution is 2.26. The molecule has 0 fully saturated rings. The summed E-state index contributed by atoms with van der Waals surface area (Å²) in [6.07, 6.45) is 3.38. The van der Waals surface area contributed by atoms with Gasteiger partial charge in [-0.15, -0.1) is 0 Å². The van der Waals surface area contributed by atoms with E-state index in [-0.39, 0.29) is 5.97 Å². The summed E-state index contributed by atoms with van der Waals surface area (Å²) < 4.78 is 10.9. The van der Waals surface area contributed by atoms with Gasteiger partial charge in [0.25, 0.3) is 0 Å². The van der Waals surface area contributed by atoms with Crippen molar-refractivity contribution < 1.29 is 14.3 Å². The number of aryl methyl sites for hydroxylation is 1. The molecular weight excluding hydrogens is 228 g/mol. The quantitative estimate of drug-likeness (QED) is 0.546. The summed E-state index contributed by atoms with van der Waals surface area (Å²) in [5.74, 6) is 1.17. The molecule has 0 atom stereocenters. The number of hydrogen-bond acceptors (Lipinski definition) is 3. The predicted octanol–water partition coefficient (Wildman–Crippen LogP) is 3.74. The van der Waals surface area contributed by atoms with Gasteiger partial charge in [-0.2, -0.15) is 0 Å². The van der Waals surface area contributed by atoms with Crippen LogP contribution in [0.3, 0.4) is 0 Å². The van der Waals surface area contributed by atoms with Gasteiger partial charge in [-0.3, -0.25) is 4.79 Å². The third kappa shape index (κ3) is 4.40. The van der Waals surface area contributed by atoms with Gasteiger partial charge >= 0.3 is 5.97 Å². The first-order valence-electron chi connectivity index (χ1n) is 6.67. The number of benzene rings is 1. The second-order valence-corrected chi connectivity index (χ2v) is 4.20. The zero-order valence-electron chi connectivity index (χ0n) is 11.5. The Labute approximate surface area is 109 Å². The third-order valence-electron chi connectivity index (χ3n) is 2.54. The second-order valence-electron chi connectivity index (χ2n) is 4.20. The molecule has 3 nitrogen and oxygen atoms in total. The summed E-state index contributed by atoms with van der Waals surface area (Å²) in [6, 6.07) is 5.62. The monoisotopic (exact) mass is 250 g/mol. The highest BCUT2D eigenvalue weighted by Gasteiger charge is 2.08. The summed E-state index contributed by atoms with van der Waals surface area (Å²) >= 11 is 0. The zero-order valence-corrected chi connectivity index (χ0v) is 11.5. The standard InChI is InChI=1S/C15H22O3/c1-4-7-12-8-9-13(18-15(16)6-3)11-14(12)17-10-5-2/h8-9,11H,4-7,10H2,1-3H3. The van der Waals surface area contributed by atoms with E-state index in [0.29, 0.717) is 18.8 Å². The van der Waals surface area contributed by atoms with Crippen molar-refractivity contribution in [3.8, 4) is 11.5 Å². The number of rotatable bonds is 7. The first kappa shape index (κ1) is 14.6. The maximum Gasteiger partial charge on any atom is 0.310 e. The van der Waals surface area contributed by atoms with E-state index in [9.17, 15) is 4.79 Å². The van der Waals surface area contributed by atoms with Crippen LogP contribution in [-0.4, -0.2) is 12.6 Å². The molecule has 3 heteroatoms. The Bertz CT molecular complexity index is 385. The molecule has 18 heavy (non-hydrogen) atoms. The van der Waals surface area contributed by atoms with E-state index >= 15 is 0 Å². The zero-order chi connectivity index (χ0) is 13.4. The minimum absolute atomic E-state index is 0.223. The molecule has 0 aliphatic carbocycles. The van der Waals surface area contributed by atoms with Crippen LogP contribution in [0.15, 0.2) is 18.2 Å². The molecule has 0 aromatic heterocycles. The lowest BCUT2D eigenvalue weighted by Gasteiger charge is -2.12. The van der Waals surface area contributed by atoms with Gasteiger partial charge in [0.2, 0.25) is 0 Å². The van der Waals surface area contributed by atoms with Crippen LogP contribution < -0.4 is 9.47 Å². The Balaban J connectivity index is 2.85. The minimum Gasteiger partial charge on any atom is -0.493 e. The molecule has 1 aromatic rings. The summed E-state index contributed by atoms with van der Waals surface area (Å²) in [5.41, 5.74) is 1.17. The van der Waals surface area contributed by atoms with Gasteiger partial charge in [-0.25, -0.2) is 0 Å². The maximum atomic E-state index is 11.3. The number of hydrogen-bond donors (Lipinski definition) is 0. The molecule has 0 N–H and O–H groups in total. The fraction of sp³-hybridized carbons (Fsp3) is 0.533. The van der Waals surface area contributed by atoms with Crippen LogP contribution >= 0.6 is 0 Å². The summed E-state index contributed by atoms with van der Waals surface area (Å²) in [4.78, 5) is 11.3. The van der Waals surface area contributed by atoms with Crippen molar-refractivity contribution in [3.05, 3.63) is 23.8 Å². The predicted molar refractivity (Wildman–Crippen MR) is 72.1 cm³/mol. The van der Waals surface area contributed by atoms with Crippen molar-refractivity contribution in [1.29, 1.82) is 0 Å².